The fourth-order valence-corrected chi connectivity index (χ4v) is 3.70. The van der Waals surface area contributed by atoms with Gasteiger partial charge in [0.2, 0.25) is 0 Å². The van der Waals surface area contributed by atoms with E-state index in [1.807, 2.05) is 30.3 Å². The molecule has 1 aliphatic carbocycles. The molecule has 0 spiro atoms. The Morgan fingerprint density at radius 1 is 1.03 bits per heavy atom. The molecule has 0 saturated heterocycles. The number of halogens is 1. The maximum absolute atomic E-state index is 13.2. The molecule has 3 aromatic carbocycles. The van der Waals surface area contributed by atoms with Gasteiger partial charge in [0.25, 0.3) is 5.91 Å². The second kappa shape index (κ2) is 7.78. The first-order valence-electron chi connectivity index (χ1n) is 10.2. The molecule has 1 fully saturated rings. The summed E-state index contributed by atoms with van der Waals surface area (Å²) in [7, 11) is 0. The van der Waals surface area contributed by atoms with Gasteiger partial charge in [-0.25, -0.2) is 4.39 Å². The number of carbonyl (C=O) groups is 1. The average molecular weight is 423 g/mol. The number of nitriles is 1. The smallest absolute Gasteiger partial charge is 0.252 e. The minimum Gasteiger partial charge on any atom is -0.457 e. The molecular weight excluding hydrogens is 405 g/mol. The molecule has 5 rings (SSSR count). The highest BCUT2D eigenvalue weighted by molar-refractivity contribution is 5.95. The molecular formula is C26H18FN3O2. The molecule has 0 atom stereocenters. The molecule has 0 aliphatic heterocycles. The lowest BCUT2D eigenvalue weighted by atomic mass is 10.1. The van der Waals surface area contributed by atoms with Crippen LogP contribution in [0.2, 0.25) is 0 Å². The van der Waals surface area contributed by atoms with Crippen molar-refractivity contribution in [2.45, 2.75) is 18.4 Å². The zero-order valence-electron chi connectivity index (χ0n) is 17.0. The molecule has 1 N–H and O–H groups in total. The largest absolute Gasteiger partial charge is 0.457 e. The third-order valence-corrected chi connectivity index (χ3v) is 5.58. The quantitative estimate of drug-likeness (QED) is 0.463. The van der Waals surface area contributed by atoms with E-state index in [-0.39, 0.29) is 11.7 Å². The van der Waals surface area contributed by atoms with Crippen molar-refractivity contribution in [3.8, 4) is 17.6 Å². The number of rotatable bonds is 5. The number of hydrogen-bond donors (Lipinski definition) is 1. The van der Waals surface area contributed by atoms with Crippen LogP contribution < -0.4 is 10.1 Å². The average Bonchev–Trinajstić information content (AvgIpc) is 3.60. The summed E-state index contributed by atoms with van der Waals surface area (Å²) in [5.74, 6) is 0.581. The van der Waals surface area contributed by atoms with Gasteiger partial charge in [-0.15, -0.1) is 0 Å². The Morgan fingerprint density at radius 3 is 2.56 bits per heavy atom. The van der Waals surface area contributed by atoms with Gasteiger partial charge in [-0.05, 0) is 79.6 Å². The van der Waals surface area contributed by atoms with Gasteiger partial charge in [0, 0.05) is 10.9 Å². The number of nitrogens with one attached hydrogen (secondary N) is 1. The van der Waals surface area contributed by atoms with Gasteiger partial charge in [-0.2, -0.15) is 5.26 Å². The number of aromatic nitrogens is 1. The van der Waals surface area contributed by atoms with Crippen molar-refractivity contribution < 1.29 is 13.9 Å². The fraction of sp³-hybridized carbons (Fsp3) is 0.115. The molecule has 0 radical (unpaired) electrons. The van der Waals surface area contributed by atoms with E-state index in [9.17, 15) is 9.18 Å². The van der Waals surface area contributed by atoms with E-state index < -0.39 is 5.54 Å². The Balaban J connectivity index is 1.42. The van der Waals surface area contributed by atoms with Crippen molar-refractivity contribution in [2.75, 3.05) is 0 Å². The van der Waals surface area contributed by atoms with Crippen LogP contribution in [-0.2, 0) is 5.54 Å². The van der Waals surface area contributed by atoms with Gasteiger partial charge in [0.15, 0.2) is 0 Å². The molecule has 1 aliphatic rings. The molecule has 0 bridgehead atoms. The number of carbonyl (C=O) groups excluding carboxylic acids is 1. The van der Waals surface area contributed by atoms with Crippen LogP contribution in [0.25, 0.3) is 10.9 Å². The molecule has 32 heavy (non-hydrogen) atoms. The van der Waals surface area contributed by atoms with Gasteiger partial charge in [0.05, 0.1) is 28.4 Å². The number of fused-ring (bicyclic) bond motifs is 1. The first-order valence-corrected chi connectivity index (χ1v) is 10.2. The lowest BCUT2D eigenvalue weighted by Gasteiger charge is -2.18. The van der Waals surface area contributed by atoms with Crippen molar-refractivity contribution in [3.63, 3.8) is 0 Å². The monoisotopic (exact) mass is 423 g/mol. The number of hydrogen-bond acceptors (Lipinski definition) is 4. The maximum atomic E-state index is 13.2. The fourth-order valence-electron chi connectivity index (χ4n) is 3.70. The molecule has 1 heterocycles. The lowest BCUT2D eigenvalue weighted by molar-refractivity contribution is 0.0930. The second-order valence-electron chi connectivity index (χ2n) is 7.80. The third kappa shape index (κ3) is 3.77. The predicted octanol–water partition coefficient (Wildman–Crippen LogP) is 5.46. The van der Waals surface area contributed by atoms with Crippen molar-refractivity contribution in [2.24, 2.45) is 0 Å². The summed E-state index contributed by atoms with van der Waals surface area (Å²) in [6.07, 6.45) is 1.57. The summed E-state index contributed by atoms with van der Waals surface area (Å²) in [5.41, 5.74) is 1.95. The number of pyridine rings is 1. The predicted molar refractivity (Wildman–Crippen MR) is 118 cm³/mol. The van der Waals surface area contributed by atoms with Crippen LogP contribution >= 0.6 is 0 Å². The van der Waals surface area contributed by atoms with Gasteiger partial charge in [-0.1, -0.05) is 12.1 Å². The Morgan fingerprint density at radius 2 is 1.81 bits per heavy atom. The van der Waals surface area contributed by atoms with E-state index in [0.717, 1.165) is 29.4 Å². The normalized spacial score (nSPS) is 13.9. The second-order valence-corrected chi connectivity index (χ2v) is 7.80. The summed E-state index contributed by atoms with van der Waals surface area (Å²) in [6.45, 7) is 0. The molecule has 6 heteroatoms. The molecule has 1 amide bonds. The molecule has 4 aromatic rings. The van der Waals surface area contributed by atoms with E-state index in [0.29, 0.717) is 22.6 Å². The molecule has 1 aromatic heterocycles. The molecule has 5 nitrogen and oxygen atoms in total. The van der Waals surface area contributed by atoms with Crippen LogP contribution in [-0.4, -0.2) is 10.9 Å². The van der Waals surface area contributed by atoms with Gasteiger partial charge < -0.3 is 10.1 Å². The molecule has 0 unspecified atom stereocenters. The molecule has 156 valence electrons. The van der Waals surface area contributed by atoms with E-state index in [2.05, 4.69) is 11.4 Å². The highest BCUT2D eigenvalue weighted by atomic mass is 19.1. The third-order valence-electron chi connectivity index (χ3n) is 5.58. The first-order chi connectivity index (χ1) is 15.6. The summed E-state index contributed by atoms with van der Waals surface area (Å²) < 4.78 is 19.2. The van der Waals surface area contributed by atoms with Crippen molar-refractivity contribution >= 4 is 16.8 Å². The zero-order valence-corrected chi connectivity index (χ0v) is 17.0. The van der Waals surface area contributed by atoms with Crippen LogP contribution in [0.15, 0.2) is 78.9 Å². The van der Waals surface area contributed by atoms with Gasteiger partial charge >= 0.3 is 0 Å². The zero-order chi connectivity index (χ0) is 22.1. The van der Waals surface area contributed by atoms with Crippen molar-refractivity contribution in [3.05, 3.63) is 102 Å². The standard InChI is InChI=1S/C26H18FN3O2/c27-19-9-7-18(8-10-19)25(31)30-26(13-14-26)24-12-11-21-22(29-24)5-2-6-23(21)32-20-4-1-3-17(15-20)16-28/h1-12,15H,13-14H2,(H,30,31). The highest BCUT2D eigenvalue weighted by Gasteiger charge is 2.47. The number of amides is 1. The van der Waals surface area contributed by atoms with Crippen LogP contribution in [0.4, 0.5) is 4.39 Å². The van der Waals surface area contributed by atoms with Gasteiger partial charge in [0.1, 0.15) is 17.3 Å². The SMILES string of the molecule is N#Cc1cccc(Oc2cccc3nc(C4(NC(=O)c5ccc(F)cc5)CC4)ccc23)c1. The minimum absolute atomic E-state index is 0.251. The summed E-state index contributed by atoms with van der Waals surface area (Å²) in [4.78, 5) is 17.5. The summed E-state index contributed by atoms with van der Waals surface area (Å²) in [5, 5.41) is 13.0. The Bertz CT molecular complexity index is 1370. The first kappa shape index (κ1) is 19.7. The van der Waals surface area contributed by atoms with Crippen LogP contribution in [0.1, 0.15) is 34.5 Å². The summed E-state index contributed by atoms with van der Waals surface area (Å²) in [6, 6.07) is 24.0. The number of nitrogens with zero attached hydrogens (tertiary/aromatic N) is 2. The maximum Gasteiger partial charge on any atom is 0.252 e. The number of ether oxygens (including phenoxy) is 1. The van der Waals surface area contributed by atoms with E-state index in [1.54, 1.807) is 24.3 Å². The summed E-state index contributed by atoms with van der Waals surface area (Å²) >= 11 is 0. The van der Waals surface area contributed by atoms with Crippen molar-refractivity contribution in [1.82, 2.24) is 10.3 Å². The van der Waals surface area contributed by atoms with Gasteiger partial charge in [-0.3, -0.25) is 9.78 Å². The minimum atomic E-state index is -0.516. The van der Waals surface area contributed by atoms with Crippen LogP contribution in [0, 0.1) is 17.1 Å². The van der Waals surface area contributed by atoms with E-state index in [4.69, 9.17) is 15.0 Å². The lowest BCUT2D eigenvalue weighted by Crippen LogP contribution is -2.35. The van der Waals surface area contributed by atoms with E-state index >= 15 is 0 Å². The molecule has 1 saturated carbocycles. The number of benzene rings is 3. The van der Waals surface area contributed by atoms with Crippen molar-refractivity contribution in [1.29, 1.82) is 5.26 Å². The Labute approximate surface area is 184 Å². The topological polar surface area (TPSA) is 75.0 Å². The van der Waals surface area contributed by atoms with E-state index in [1.165, 1.54) is 24.3 Å². The van der Waals surface area contributed by atoms with Crippen LogP contribution in [0.3, 0.4) is 0 Å². The highest BCUT2D eigenvalue weighted by Crippen LogP contribution is 2.45. The Hall–Kier alpha value is -4.24. The van der Waals surface area contributed by atoms with Crippen LogP contribution in [0.5, 0.6) is 11.5 Å². The Kier molecular flexibility index (Phi) is 4.79.